The Morgan fingerprint density at radius 1 is 1.00 bits per heavy atom. The number of alkyl halides is 6. The van der Waals surface area contributed by atoms with E-state index in [-0.39, 0.29) is 38.4 Å². The largest absolute Gasteiger partial charge is 0.465 e. The molecule has 1 heterocycles. The molecule has 0 unspecified atom stereocenters. The van der Waals surface area contributed by atoms with Gasteiger partial charge in [0, 0.05) is 26.6 Å². The molecule has 1 saturated heterocycles. The van der Waals surface area contributed by atoms with Crippen LogP contribution in [0.25, 0.3) is 0 Å². The van der Waals surface area contributed by atoms with E-state index in [9.17, 15) is 50.2 Å². The van der Waals surface area contributed by atoms with Gasteiger partial charge in [0.05, 0.1) is 28.7 Å². The van der Waals surface area contributed by atoms with E-state index in [0.29, 0.717) is 35.1 Å². The third-order valence-corrected chi connectivity index (χ3v) is 9.03. The molecule has 1 aliphatic rings. The van der Waals surface area contributed by atoms with Gasteiger partial charge in [-0.15, -0.1) is 0 Å². The molecule has 3 atom stereocenters. The van der Waals surface area contributed by atoms with Gasteiger partial charge in [0.15, 0.2) is 0 Å². The number of halogens is 7. The van der Waals surface area contributed by atoms with Gasteiger partial charge in [-0.1, -0.05) is 36.4 Å². The second-order valence-electron chi connectivity index (χ2n) is 12.0. The highest BCUT2D eigenvalue weighted by atomic mass is 19.4. The first kappa shape index (κ1) is 36.2. The molecule has 0 aromatic heterocycles. The lowest BCUT2D eigenvalue weighted by atomic mass is 9.76. The number of carboxylic acid groups (broad SMARTS) is 1. The van der Waals surface area contributed by atoms with Crippen molar-refractivity contribution in [2.75, 3.05) is 13.6 Å². The molecular weight excluding hydrogens is 647 g/mol. The van der Waals surface area contributed by atoms with Crippen molar-refractivity contribution in [3.8, 4) is 0 Å². The number of aldehydes is 1. The second kappa shape index (κ2) is 13.9. The molecule has 3 aromatic rings. The Bertz CT molecular complexity index is 1620. The number of rotatable bonds is 8. The Labute approximate surface area is 272 Å². The average molecular weight is 682 g/mol. The molecule has 0 radical (unpaired) electrons. The number of nitrogens with zero attached hydrogens (tertiary/aromatic N) is 3. The number of urea groups is 1. The van der Waals surface area contributed by atoms with Gasteiger partial charge in [-0.2, -0.15) is 26.3 Å². The molecule has 1 fully saturated rings. The highest BCUT2D eigenvalue weighted by molar-refractivity contribution is 5.76. The monoisotopic (exact) mass is 681 g/mol. The molecule has 1 aliphatic heterocycles. The number of hydrogen-bond donors (Lipinski definition) is 1. The maximum atomic E-state index is 14.2. The van der Waals surface area contributed by atoms with E-state index in [0.717, 1.165) is 15.9 Å². The minimum Gasteiger partial charge on any atom is -0.465 e. The Morgan fingerprint density at radius 2 is 1.60 bits per heavy atom. The quantitative estimate of drug-likeness (QED) is 0.191. The van der Waals surface area contributed by atoms with Gasteiger partial charge in [0.1, 0.15) is 12.1 Å². The van der Waals surface area contributed by atoms with Crippen molar-refractivity contribution in [3.63, 3.8) is 0 Å². The zero-order valence-corrected chi connectivity index (χ0v) is 26.3. The van der Waals surface area contributed by atoms with E-state index in [1.807, 2.05) is 0 Å². The molecule has 3 amide bonds. The van der Waals surface area contributed by atoms with E-state index in [1.54, 1.807) is 37.3 Å². The number of piperidine rings is 1. The minimum absolute atomic E-state index is 0.00624. The van der Waals surface area contributed by atoms with Crippen molar-refractivity contribution in [1.29, 1.82) is 0 Å². The lowest BCUT2D eigenvalue weighted by molar-refractivity contribution is -0.143. The number of benzene rings is 3. The number of aryl methyl sites for hydroxylation is 1. The van der Waals surface area contributed by atoms with Crippen LogP contribution in [-0.4, -0.2) is 57.3 Å². The summed E-state index contributed by atoms with van der Waals surface area (Å²) in [5.74, 6) is -0.573. The molecular formula is C34H34F7N3O4. The van der Waals surface area contributed by atoms with Crippen molar-refractivity contribution in [2.45, 2.75) is 69.6 Å². The lowest BCUT2D eigenvalue weighted by Crippen LogP contribution is -2.59. The van der Waals surface area contributed by atoms with Crippen LogP contribution in [0.2, 0.25) is 0 Å². The van der Waals surface area contributed by atoms with Gasteiger partial charge in [0.25, 0.3) is 0 Å². The molecule has 0 bridgehead atoms. The van der Waals surface area contributed by atoms with Gasteiger partial charge < -0.3 is 19.7 Å². The molecule has 48 heavy (non-hydrogen) atoms. The highest BCUT2D eigenvalue weighted by Crippen LogP contribution is 2.45. The number of likely N-dealkylation sites (tertiary alicyclic amines) is 1. The third kappa shape index (κ3) is 7.74. The maximum Gasteiger partial charge on any atom is 0.416 e. The summed E-state index contributed by atoms with van der Waals surface area (Å²) in [5, 5.41) is 10.4. The van der Waals surface area contributed by atoms with Gasteiger partial charge in [0.2, 0.25) is 0 Å². The summed E-state index contributed by atoms with van der Waals surface area (Å²) < 4.78 is 95.8. The first-order valence-electron chi connectivity index (χ1n) is 14.9. The van der Waals surface area contributed by atoms with E-state index >= 15 is 0 Å². The van der Waals surface area contributed by atoms with E-state index in [4.69, 9.17) is 0 Å². The molecule has 3 aromatic carbocycles. The van der Waals surface area contributed by atoms with Crippen molar-refractivity contribution in [2.24, 2.45) is 0 Å². The fourth-order valence-corrected chi connectivity index (χ4v) is 6.29. The van der Waals surface area contributed by atoms with Crippen molar-refractivity contribution in [1.82, 2.24) is 14.7 Å². The van der Waals surface area contributed by atoms with E-state index in [2.05, 4.69) is 0 Å². The first-order chi connectivity index (χ1) is 22.4. The van der Waals surface area contributed by atoms with Gasteiger partial charge in [-0.05, 0) is 79.3 Å². The summed E-state index contributed by atoms with van der Waals surface area (Å²) >= 11 is 0. The molecule has 7 nitrogen and oxygen atoms in total. The van der Waals surface area contributed by atoms with Crippen LogP contribution in [0.1, 0.15) is 71.7 Å². The SMILES string of the molecule is Cc1cc(F)ccc1[C@H]1C[C@@](CC=O)(N(Cc2ccccc2)C(=O)O)CCN1C(=O)N(C)[C@@H](C)c1cc(C(F)(F)F)cc(C(F)(F)F)c1. The van der Waals surface area contributed by atoms with Crippen LogP contribution in [0.3, 0.4) is 0 Å². The van der Waals surface area contributed by atoms with Crippen molar-refractivity contribution >= 4 is 18.4 Å². The van der Waals surface area contributed by atoms with Crippen molar-refractivity contribution in [3.05, 3.63) is 106 Å². The van der Waals surface area contributed by atoms with Crippen LogP contribution in [0.5, 0.6) is 0 Å². The predicted molar refractivity (Wildman–Crippen MR) is 161 cm³/mol. The Morgan fingerprint density at radius 3 is 2.12 bits per heavy atom. The standard InChI is InChI=1S/C34H34F7N3O4/c1-21-15-27(35)9-10-28(21)29-19-32(12-14-45,44(31(47)48)20-23-7-5-4-6-8-23)11-13-43(29)30(46)42(3)22(2)24-16-25(33(36,37)38)18-26(17-24)34(39,40)41/h4-10,14-18,22,29H,11-13,19-20H2,1-3H3,(H,47,48)/t22-,29+,32+/m0/s1. The number of carbonyl (C=O) groups excluding carboxylic acids is 2. The van der Waals surface area contributed by atoms with Crippen LogP contribution < -0.4 is 0 Å². The summed E-state index contributed by atoms with van der Waals surface area (Å²) in [6.07, 6.45) is -11.3. The van der Waals surface area contributed by atoms with E-state index in [1.165, 1.54) is 31.0 Å². The lowest BCUT2D eigenvalue weighted by Gasteiger charge is -2.51. The van der Waals surface area contributed by atoms with Gasteiger partial charge in [-0.25, -0.2) is 14.0 Å². The third-order valence-electron chi connectivity index (χ3n) is 9.03. The van der Waals surface area contributed by atoms with Gasteiger partial charge >= 0.3 is 24.5 Å². The van der Waals surface area contributed by atoms with Crippen LogP contribution in [0, 0.1) is 12.7 Å². The Kier molecular flexibility index (Phi) is 10.5. The van der Waals surface area contributed by atoms with Crippen molar-refractivity contribution < 1.29 is 50.2 Å². The Balaban J connectivity index is 1.76. The zero-order chi connectivity index (χ0) is 35.6. The molecule has 1 N–H and O–H groups in total. The summed E-state index contributed by atoms with van der Waals surface area (Å²) in [5.41, 5.74) is -3.29. The van der Waals surface area contributed by atoms with Crippen LogP contribution in [-0.2, 0) is 23.7 Å². The normalized spacial score (nSPS) is 19.0. The fourth-order valence-electron chi connectivity index (χ4n) is 6.29. The van der Waals surface area contributed by atoms with Crippen LogP contribution >= 0.6 is 0 Å². The fraction of sp³-hybridized carbons (Fsp3) is 0.382. The number of hydrogen-bond acceptors (Lipinski definition) is 3. The summed E-state index contributed by atoms with van der Waals surface area (Å²) in [7, 11) is 1.24. The molecule has 4 rings (SSSR count). The van der Waals surface area contributed by atoms with Crippen LogP contribution in [0.15, 0.2) is 66.7 Å². The summed E-state index contributed by atoms with van der Waals surface area (Å²) in [6, 6.07) is 10.6. The summed E-state index contributed by atoms with van der Waals surface area (Å²) in [4.78, 5) is 42.4. The zero-order valence-electron chi connectivity index (χ0n) is 26.3. The molecule has 14 heteroatoms. The first-order valence-corrected chi connectivity index (χ1v) is 14.9. The molecule has 0 aliphatic carbocycles. The maximum absolute atomic E-state index is 14.2. The van der Waals surface area contributed by atoms with Gasteiger partial charge in [-0.3, -0.25) is 4.90 Å². The average Bonchev–Trinajstić information content (AvgIpc) is 3.02. The smallest absolute Gasteiger partial charge is 0.416 e. The predicted octanol–water partition coefficient (Wildman–Crippen LogP) is 8.63. The summed E-state index contributed by atoms with van der Waals surface area (Å²) in [6.45, 7) is 2.66. The topological polar surface area (TPSA) is 81.2 Å². The second-order valence-corrected chi connectivity index (χ2v) is 12.0. The van der Waals surface area contributed by atoms with E-state index < -0.39 is 64.6 Å². The number of amides is 3. The Hall–Kier alpha value is -4.62. The molecule has 0 spiro atoms. The molecule has 258 valence electrons. The molecule has 0 saturated carbocycles. The number of carbonyl (C=O) groups is 3. The minimum atomic E-state index is -5.09. The highest BCUT2D eigenvalue weighted by Gasteiger charge is 2.48. The van der Waals surface area contributed by atoms with Crippen LogP contribution in [0.4, 0.5) is 40.3 Å².